The molecule has 20 heavy (non-hydrogen) atoms. The highest BCUT2D eigenvalue weighted by Crippen LogP contribution is 2.25. The van der Waals surface area contributed by atoms with Crippen LogP contribution in [-0.2, 0) is 16.4 Å². The first kappa shape index (κ1) is 13.2. The van der Waals surface area contributed by atoms with Crippen molar-refractivity contribution in [2.24, 2.45) is 4.99 Å². The molecule has 0 fully saturated rings. The van der Waals surface area contributed by atoms with Gasteiger partial charge in [0.2, 0.25) is 0 Å². The summed E-state index contributed by atoms with van der Waals surface area (Å²) < 4.78 is 25.7. The lowest BCUT2D eigenvalue weighted by molar-refractivity contribution is 0.602. The zero-order valence-electron chi connectivity index (χ0n) is 11.3. The van der Waals surface area contributed by atoms with Crippen LogP contribution in [0.1, 0.15) is 6.42 Å². The second-order valence-corrected chi connectivity index (χ2v) is 6.97. The topological polar surface area (TPSA) is 63.5 Å². The van der Waals surface area contributed by atoms with E-state index in [1.807, 2.05) is 28.8 Å². The number of sulfone groups is 1. The average Bonchev–Trinajstić information content (AvgIpc) is 3.03. The summed E-state index contributed by atoms with van der Waals surface area (Å²) in [4.78, 5) is 4.76. The Kier molecular flexibility index (Phi) is 3.25. The summed E-state index contributed by atoms with van der Waals surface area (Å²) in [6, 6.07) is 7.60. The number of para-hydroxylation sites is 1. The summed E-state index contributed by atoms with van der Waals surface area (Å²) in [7, 11) is -3.21. The minimum atomic E-state index is -3.21. The zero-order valence-corrected chi connectivity index (χ0v) is 12.2. The summed E-state index contributed by atoms with van der Waals surface area (Å²) in [5, 5.41) is 4.02. The van der Waals surface area contributed by atoms with Gasteiger partial charge in [-0.2, -0.15) is 0 Å². The number of benzene rings is 1. The van der Waals surface area contributed by atoms with Gasteiger partial charge in [0.15, 0.2) is 9.84 Å². The first-order valence-electron chi connectivity index (χ1n) is 6.61. The van der Waals surface area contributed by atoms with Crippen LogP contribution < -0.4 is 5.32 Å². The molecular formula is C14H17N3O2S. The summed E-state index contributed by atoms with van der Waals surface area (Å²) in [5.41, 5.74) is 0.950. The highest BCUT2D eigenvalue weighted by molar-refractivity contribution is 7.91. The zero-order chi connectivity index (χ0) is 14.2. The third kappa shape index (κ3) is 2.43. The highest BCUT2D eigenvalue weighted by Gasteiger charge is 2.16. The Morgan fingerprint density at radius 2 is 2.15 bits per heavy atom. The number of hydrogen-bond donors (Lipinski definition) is 1. The second-order valence-electron chi connectivity index (χ2n) is 4.98. The van der Waals surface area contributed by atoms with Crippen molar-refractivity contribution < 1.29 is 8.42 Å². The largest absolute Gasteiger partial charge is 0.372 e. The summed E-state index contributed by atoms with van der Waals surface area (Å²) >= 11 is 0. The number of nitrogens with zero attached hydrogens (tertiary/aromatic N) is 2. The molecule has 3 rings (SSSR count). The van der Waals surface area contributed by atoms with Gasteiger partial charge in [0, 0.05) is 42.9 Å². The van der Waals surface area contributed by atoms with Crippen LogP contribution in [0.3, 0.4) is 0 Å². The van der Waals surface area contributed by atoms with E-state index in [1.165, 1.54) is 6.26 Å². The molecule has 0 saturated carbocycles. The number of fused-ring (bicyclic) bond motifs is 1. The lowest BCUT2D eigenvalue weighted by Crippen LogP contribution is -2.19. The molecule has 0 atom stereocenters. The van der Waals surface area contributed by atoms with E-state index in [4.69, 9.17) is 0 Å². The summed E-state index contributed by atoms with van der Waals surface area (Å²) in [6.45, 7) is 2.45. The normalized spacial score (nSPS) is 15.3. The van der Waals surface area contributed by atoms with Crippen LogP contribution in [0.5, 0.6) is 0 Å². The van der Waals surface area contributed by atoms with E-state index in [-0.39, 0.29) is 0 Å². The fourth-order valence-electron chi connectivity index (χ4n) is 2.53. The van der Waals surface area contributed by atoms with Crippen molar-refractivity contribution in [3.63, 3.8) is 0 Å². The number of aliphatic imine (C=N–C) groups is 1. The van der Waals surface area contributed by atoms with Crippen molar-refractivity contribution in [2.45, 2.75) is 17.9 Å². The predicted octanol–water partition coefficient (Wildman–Crippen LogP) is 1.44. The van der Waals surface area contributed by atoms with Crippen molar-refractivity contribution in [3.8, 4) is 0 Å². The maximum atomic E-state index is 11.9. The van der Waals surface area contributed by atoms with Gasteiger partial charge in [0.25, 0.3) is 0 Å². The molecule has 2 aromatic rings. The van der Waals surface area contributed by atoms with Crippen molar-refractivity contribution in [3.05, 3.63) is 30.5 Å². The van der Waals surface area contributed by atoms with Gasteiger partial charge in [-0.05, 0) is 6.07 Å². The first-order chi connectivity index (χ1) is 9.55. The molecule has 0 bridgehead atoms. The molecule has 0 unspecified atom stereocenters. The third-order valence-electron chi connectivity index (χ3n) is 3.48. The van der Waals surface area contributed by atoms with E-state index in [9.17, 15) is 8.42 Å². The van der Waals surface area contributed by atoms with E-state index < -0.39 is 9.84 Å². The van der Waals surface area contributed by atoms with Gasteiger partial charge in [-0.3, -0.25) is 4.99 Å². The molecule has 0 saturated heterocycles. The predicted molar refractivity (Wildman–Crippen MR) is 80.0 cm³/mol. The van der Waals surface area contributed by atoms with Gasteiger partial charge >= 0.3 is 0 Å². The van der Waals surface area contributed by atoms with Crippen LogP contribution in [0, 0.1) is 0 Å². The van der Waals surface area contributed by atoms with E-state index in [1.54, 1.807) is 6.20 Å². The monoisotopic (exact) mass is 291 g/mol. The minimum absolute atomic E-state index is 0.398. The Morgan fingerprint density at radius 1 is 1.35 bits per heavy atom. The number of nitrogens with one attached hydrogen (secondary N) is 1. The lowest BCUT2D eigenvalue weighted by Gasteiger charge is -2.05. The molecule has 1 aliphatic heterocycles. The first-order valence-corrected chi connectivity index (χ1v) is 8.50. The van der Waals surface area contributed by atoms with Gasteiger partial charge in [-0.15, -0.1) is 0 Å². The van der Waals surface area contributed by atoms with E-state index >= 15 is 0 Å². The van der Waals surface area contributed by atoms with Gasteiger partial charge in [0.1, 0.15) is 0 Å². The number of amidine groups is 1. The fraction of sp³-hybridized carbons (Fsp3) is 0.357. The minimum Gasteiger partial charge on any atom is -0.372 e. The summed E-state index contributed by atoms with van der Waals surface area (Å²) in [5.74, 6) is 1.00. The quantitative estimate of drug-likeness (QED) is 0.927. The molecule has 106 valence electrons. The van der Waals surface area contributed by atoms with Crippen LogP contribution in [0.2, 0.25) is 0 Å². The van der Waals surface area contributed by atoms with Gasteiger partial charge in [0.05, 0.1) is 17.3 Å². The van der Waals surface area contributed by atoms with Gasteiger partial charge < -0.3 is 9.88 Å². The molecular weight excluding hydrogens is 274 g/mol. The Hall–Kier alpha value is -1.82. The van der Waals surface area contributed by atoms with Crippen LogP contribution in [0.4, 0.5) is 0 Å². The molecule has 0 amide bonds. The van der Waals surface area contributed by atoms with E-state index in [0.29, 0.717) is 4.90 Å². The number of aromatic nitrogens is 1. The Labute approximate surface area is 118 Å². The van der Waals surface area contributed by atoms with E-state index in [0.717, 1.165) is 42.8 Å². The molecule has 1 N–H and O–H groups in total. The lowest BCUT2D eigenvalue weighted by atomic mass is 10.2. The van der Waals surface area contributed by atoms with Crippen molar-refractivity contribution in [1.29, 1.82) is 0 Å². The molecule has 0 spiro atoms. The average molecular weight is 291 g/mol. The Balaban J connectivity index is 1.98. The molecule has 0 aliphatic carbocycles. The number of rotatable bonds is 4. The fourth-order valence-corrected chi connectivity index (χ4v) is 3.43. The third-order valence-corrected chi connectivity index (χ3v) is 4.61. The standard InChI is InChI=1S/C14H17N3O2S/c1-20(18,19)13-10-17(9-6-14-15-7-8-16-14)12-5-3-2-4-11(12)13/h2-5,10H,6-9H2,1H3,(H,15,16). The molecule has 0 radical (unpaired) electrons. The Bertz CT molecular complexity index is 775. The SMILES string of the molecule is CS(=O)(=O)c1cn(CCC2=NCCN2)c2ccccc12. The molecule has 1 aromatic heterocycles. The van der Waals surface area contributed by atoms with Crippen molar-refractivity contribution >= 4 is 26.6 Å². The van der Waals surface area contributed by atoms with Crippen LogP contribution in [0.25, 0.3) is 10.9 Å². The van der Waals surface area contributed by atoms with E-state index in [2.05, 4.69) is 10.3 Å². The van der Waals surface area contributed by atoms with Crippen LogP contribution in [-0.4, -0.2) is 38.2 Å². The number of aryl methyl sites for hydroxylation is 1. The Morgan fingerprint density at radius 3 is 2.85 bits per heavy atom. The maximum absolute atomic E-state index is 11.9. The molecule has 1 aliphatic rings. The second kappa shape index (κ2) is 4.94. The molecule has 2 heterocycles. The van der Waals surface area contributed by atoms with Gasteiger partial charge in [-0.1, -0.05) is 18.2 Å². The van der Waals surface area contributed by atoms with Crippen LogP contribution in [0.15, 0.2) is 40.4 Å². The van der Waals surface area contributed by atoms with Gasteiger partial charge in [-0.25, -0.2) is 8.42 Å². The smallest absolute Gasteiger partial charge is 0.177 e. The maximum Gasteiger partial charge on any atom is 0.177 e. The van der Waals surface area contributed by atoms with Crippen molar-refractivity contribution in [1.82, 2.24) is 9.88 Å². The van der Waals surface area contributed by atoms with Crippen molar-refractivity contribution in [2.75, 3.05) is 19.3 Å². The highest BCUT2D eigenvalue weighted by atomic mass is 32.2. The molecule has 6 heteroatoms. The molecule has 1 aromatic carbocycles. The number of hydrogen-bond acceptors (Lipinski definition) is 4. The summed E-state index contributed by atoms with van der Waals surface area (Å²) in [6.07, 6.45) is 3.78. The van der Waals surface area contributed by atoms with Crippen LogP contribution >= 0.6 is 0 Å². The molecule has 5 nitrogen and oxygen atoms in total.